The largest absolute Gasteiger partial charge is 0.464 e. The second kappa shape index (κ2) is 15.2. The highest BCUT2D eigenvalue weighted by Crippen LogP contribution is 2.32. The van der Waals surface area contributed by atoms with Gasteiger partial charge >= 0.3 is 5.97 Å². The summed E-state index contributed by atoms with van der Waals surface area (Å²) in [5.41, 5.74) is 0.145. The third-order valence-electron chi connectivity index (χ3n) is 8.24. The van der Waals surface area contributed by atoms with Gasteiger partial charge in [-0.1, -0.05) is 17.7 Å². The number of anilines is 2. The molecular formula is C32H45ClN6O4. The normalized spacial score (nSPS) is 20.9. The molecule has 1 atom stereocenters. The number of pyridine rings is 2. The standard InChI is InChI=1S/C32H45ClN6O4/c1-5-42-30(40)31(3,4)43-19-22(2)37-23-9-11-24(12-10-23)38-29-17-25(26(33)18-35-29)27-7-6-8-28(39-27)36-21-32(20-34)13-15-41-16-14-32/h6-8,17-18,22-24,37H,5,9-16,19,21H2,1-4H3,(H,35,38)(H,36,39)/t22-,23-,24-/m1/s1. The first kappa shape index (κ1) is 32.9. The predicted octanol–water partition coefficient (Wildman–Crippen LogP) is 5.59. The Morgan fingerprint density at radius 2 is 1.93 bits per heavy atom. The number of nitrogens with one attached hydrogen (secondary N) is 3. The van der Waals surface area contributed by atoms with Gasteiger partial charge in [0.1, 0.15) is 11.6 Å². The molecule has 0 unspecified atom stereocenters. The lowest BCUT2D eigenvalue weighted by Gasteiger charge is -2.33. The lowest BCUT2D eigenvalue weighted by atomic mass is 9.82. The molecule has 1 saturated carbocycles. The van der Waals surface area contributed by atoms with E-state index in [1.165, 1.54) is 0 Å². The fraction of sp³-hybridized carbons (Fsp3) is 0.625. The molecule has 0 bridgehead atoms. The molecular weight excluding hydrogens is 568 g/mol. The van der Waals surface area contributed by atoms with Crippen LogP contribution in [0, 0.1) is 16.7 Å². The van der Waals surface area contributed by atoms with Crippen molar-refractivity contribution >= 4 is 29.2 Å². The van der Waals surface area contributed by atoms with Crippen LogP contribution in [0.2, 0.25) is 5.02 Å². The summed E-state index contributed by atoms with van der Waals surface area (Å²) in [6.45, 7) is 9.86. The average molecular weight is 613 g/mol. The molecule has 234 valence electrons. The van der Waals surface area contributed by atoms with E-state index in [1.54, 1.807) is 27.0 Å². The van der Waals surface area contributed by atoms with E-state index in [0.717, 1.165) is 42.8 Å². The average Bonchev–Trinajstić information content (AvgIpc) is 3.02. The Kier molecular flexibility index (Phi) is 11.6. The summed E-state index contributed by atoms with van der Waals surface area (Å²) in [5, 5.41) is 20.9. The van der Waals surface area contributed by atoms with Crippen molar-refractivity contribution in [2.24, 2.45) is 5.41 Å². The smallest absolute Gasteiger partial charge is 0.337 e. The van der Waals surface area contributed by atoms with Gasteiger partial charge in [0.05, 0.1) is 35.4 Å². The molecule has 4 rings (SSSR count). The summed E-state index contributed by atoms with van der Waals surface area (Å²) in [4.78, 5) is 21.4. The number of carbonyl (C=O) groups is 1. The van der Waals surface area contributed by atoms with E-state index in [-0.39, 0.29) is 12.0 Å². The summed E-state index contributed by atoms with van der Waals surface area (Å²) < 4.78 is 16.4. The third-order valence-corrected chi connectivity index (χ3v) is 8.54. The lowest BCUT2D eigenvalue weighted by Crippen LogP contribution is -2.45. The van der Waals surface area contributed by atoms with Gasteiger partial charge in [-0.15, -0.1) is 0 Å². The van der Waals surface area contributed by atoms with E-state index in [4.69, 9.17) is 30.8 Å². The summed E-state index contributed by atoms with van der Waals surface area (Å²) >= 11 is 6.57. The molecule has 2 aliphatic rings. The Balaban J connectivity index is 1.28. The highest BCUT2D eigenvalue weighted by Gasteiger charge is 2.33. The Labute approximate surface area is 260 Å². The monoisotopic (exact) mass is 612 g/mol. The van der Waals surface area contributed by atoms with E-state index >= 15 is 0 Å². The van der Waals surface area contributed by atoms with Gasteiger partial charge in [-0.3, -0.25) is 0 Å². The molecule has 43 heavy (non-hydrogen) atoms. The zero-order valence-electron chi connectivity index (χ0n) is 25.7. The van der Waals surface area contributed by atoms with Crippen molar-refractivity contribution in [1.29, 1.82) is 5.26 Å². The summed E-state index contributed by atoms with van der Waals surface area (Å²) in [6, 6.07) is 11.0. The van der Waals surface area contributed by atoms with Gasteiger partial charge in [0, 0.05) is 49.6 Å². The number of hydrogen-bond acceptors (Lipinski definition) is 10. The van der Waals surface area contributed by atoms with Crippen molar-refractivity contribution in [2.75, 3.05) is 43.6 Å². The highest BCUT2D eigenvalue weighted by atomic mass is 35.5. The van der Waals surface area contributed by atoms with Crippen molar-refractivity contribution in [2.45, 2.75) is 89.9 Å². The molecule has 0 aromatic carbocycles. The molecule has 10 nitrogen and oxygen atoms in total. The minimum absolute atomic E-state index is 0.114. The maximum Gasteiger partial charge on any atom is 0.337 e. The zero-order valence-corrected chi connectivity index (χ0v) is 26.5. The molecule has 2 aromatic heterocycles. The maximum atomic E-state index is 12.1. The van der Waals surface area contributed by atoms with Gasteiger partial charge < -0.3 is 30.2 Å². The number of esters is 1. The highest BCUT2D eigenvalue weighted by molar-refractivity contribution is 6.33. The van der Waals surface area contributed by atoms with Crippen molar-refractivity contribution in [1.82, 2.24) is 15.3 Å². The number of hydrogen-bond donors (Lipinski definition) is 3. The molecule has 0 spiro atoms. The topological polar surface area (TPSA) is 130 Å². The zero-order chi connectivity index (χ0) is 30.9. The van der Waals surface area contributed by atoms with Gasteiger partial charge in [-0.05, 0) is 84.4 Å². The number of rotatable bonds is 13. The van der Waals surface area contributed by atoms with Crippen LogP contribution in [0.4, 0.5) is 11.6 Å². The molecule has 2 fully saturated rings. The number of ether oxygens (including phenoxy) is 3. The molecule has 1 saturated heterocycles. The fourth-order valence-corrected chi connectivity index (χ4v) is 5.71. The Hall–Kier alpha value is -2.97. The molecule has 1 aliphatic carbocycles. The van der Waals surface area contributed by atoms with E-state index in [0.29, 0.717) is 68.7 Å². The van der Waals surface area contributed by atoms with Crippen molar-refractivity contribution in [3.05, 3.63) is 35.5 Å². The van der Waals surface area contributed by atoms with E-state index in [2.05, 4.69) is 33.9 Å². The SMILES string of the molecule is CCOC(=O)C(C)(C)OC[C@@H](C)N[C@H]1CC[C@H](Nc2cc(-c3cccc(NCC4(C#N)CCOCC4)n3)c(Cl)cn2)CC1. The van der Waals surface area contributed by atoms with Crippen molar-refractivity contribution in [3.8, 4) is 17.3 Å². The first-order valence-electron chi connectivity index (χ1n) is 15.3. The predicted molar refractivity (Wildman–Crippen MR) is 168 cm³/mol. The van der Waals surface area contributed by atoms with Crippen molar-refractivity contribution < 1.29 is 19.0 Å². The van der Waals surface area contributed by atoms with Crippen LogP contribution in [-0.2, 0) is 19.0 Å². The molecule has 11 heteroatoms. The molecule has 0 radical (unpaired) electrons. The van der Waals surface area contributed by atoms with Crippen LogP contribution in [0.3, 0.4) is 0 Å². The second-order valence-corrected chi connectivity index (χ2v) is 12.5. The number of halogens is 1. The number of carbonyl (C=O) groups excluding carboxylic acids is 1. The first-order chi connectivity index (χ1) is 20.6. The van der Waals surface area contributed by atoms with Crippen molar-refractivity contribution in [3.63, 3.8) is 0 Å². The van der Waals surface area contributed by atoms with Crippen LogP contribution >= 0.6 is 11.6 Å². The van der Waals surface area contributed by atoms with Crippen LogP contribution in [-0.4, -0.2) is 72.6 Å². The van der Waals surface area contributed by atoms with Crippen LogP contribution in [0.15, 0.2) is 30.5 Å². The van der Waals surface area contributed by atoms with Gasteiger partial charge in [-0.2, -0.15) is 5.26 Å². The maximum absolute atomic E-state index is 12.1. The molecule has 1 aliphatic heterocycles. The second-order valence-electron chi connectivity index (χ2n) is 12.1. The summed E-state index contributed by atoms with van der Waals surface area (Å²) in [7, 11) is 0. The Morgan fingerprint density at radius 1 is 1.21 bits per heavy atom. The van der Waals surface area contributed by atoms with E-state index in [1.807, 2.05) is 24.3 Å². The molecule has 3 heterocycles. The first-order valence-corrected chi connectivity index (χ1v) is 15.7. The Morgan fingerprint density at radius 3 is 2.63 bits per heavy atom. The van der Waals surface area contributed by atoms with Crippen LogP contribution in [0.25, 0.3) is 11.3 Å². The summed E-state index contributed by atoms with van der Waals surface area (Å²) in [5.74, 6) is 1.13. The molecule has 3 N–H and O–H groups in total. The van der Waals surface area contributed by atoms with Gasteiger partial charge in [-0.25, -0.2) is 14.8 Å². The van der Waals surface area contributed by atoms with E-state index in [9.17, 15) is 10.1 Å². The van der Waals surface area contributed by atoms with Gasteiger partial charge in [0.2, 0.25) is 0 Å². The molecule has 0 amide bonds. The fourth-order valence-electron chi connectivity index (χ4n) is 5.51. The Bertz CT molecular complexity index is 1250. The minimum Gasteiger partial charge on any atom is -0.464 e. The number of nitriles is 1. The van der Waals surface area contributed by atoms with Crippen LogP contribution < -0.4 is 16.0 Å². The third kappa shape index (κ3) is 9.26. The van der Waals surface area contributed by atoms with E-state index < -0.39 is 11.0 Å². The van der Waals surface area contributed by atoms with Crippen LogP contribution in [0.1, 0.15) is 66.2 Å². The minimum atomic E-state index is -0.962. The number of aromatic nitrogens is 2. The van der Waals surface area contributed by atoms with Gasteiger partial charge in [0.25, 0.3) is 0 Å². The summed E-state index contributed by atoms with van der Waals surface area (Å²) in [6.07, 6.45) is 7.14. The van der Waals surface area contributed by atoms with Crippen LogP contribution in [0.5, 0.6) is 0 Å². The quantitative estimate of drug-likeness (QED) is 0.246. The molecule has 2 aromatic rings. The lowest BCUT2D eigenvalue weighted by molar-refractivity contribution is -0.168. The van der Waals surface area contributed by atoms with Gasteiger partial charge in [0.15, 0.2) is 5.60 Å². The number of nitrogens with zero attached hydrogens (tertiary/aromatic N) is 3.